The van der Waals surface area contributed by atoms with Gasteiger partial charge in [0.1, 0.15) is 0 Å². The molecule has 15 heavy (non-hydrogen) atoms. The molecule has 0 aliphatic carbocycles. The first-order valence-corrected chi connectivity index (χ1v) is 5.53. The summed E-state index contributed by atoms with van der Waals surface area (Å²) in [5.41, 5.74) is 1.66. The van der Waals surface area contributed by atoms with Crippen LogP contribution in [-0.4, -0.2) is 14.8 Å². The first kappa shape index (κ1) is 9.09. The number of aromatic nitrogens is 1. The lowest BCUT2D eigenvalue weighted by atomic mass is 9.95. The summed E-state index contributed by atoms with van der Waals surface area (Å²) in [5.74, 6) is 0.410. The molecular formula is C11H15NO3. The summed E-state index contributed by atoms with van der Waals surface area (Å²) in [6.07, 6.45) is 2.83. The molecule has 4 nitrogen and oxygen atoms in total. The zero-order valence-corrected chi connectivity index (χ0v) is 8.73. The van der Waals surface area contributed by atoms with Crippen LogP contribution >= 0.6 is 0 Å². The Labute approximate surface area is 88.1 Å². The molecule has 4 heteroatoms. The molecule has 3 rings (SSSR count). The highest BCUT2D eigenvalue weighted by molar-refractivity contribution is 5.51. The molecule has 2 N–H and O–H groups in total. The number of hydrogen-bond acceptors (Lipinski definition) is 3. The Morgan fingerprint density at radius 3 is 2.20 bits per heavy atom. The fourth-order valence-electron chi connectivity index (χ4n) is 2.76. The highest BCUT2D eigenvalue weighted by atomic mass is 16.5. The van der Waals surface area contributed by atoms with Gasteiger partial charge in [-0.15, -0.1) is 0 Å². The smallest absolute Gasteiger partial charge is 0.200 e. The minimum atomic E-state index is 0.00834. The number of nitrogens with zero attached hydrogens (tertiary/aromatic N) is 1. The molecule has 2 aliphatic rings. The Hall–Kier alpha value is -1.16. The van der Waals surface area contributed by atoms with Gasteiger partial charge in [-0.3, -0.25) is 4.57 Å². The third-order valence-electron chi connectivity index (χ3n) is 3.39. The Morgan fingerprint density at radius 2 is 1.73 bits per heavy atom. The third kappa shape index (κ3) is 1.00. The van der Waals surface area contributed by atoms with Crippen LogP contribution in [0.25, 0.3) is 0 Å². The minimum Gasteiger partial charge on any atom is -0.494 e. The van der Waals surface area contributed by atoms with Crippen molar-refractivity contribution in [3.8, 4) is 11.8 Å². The van der Waals surface area contributed by atoms with Gasteiger partial charge in [-0.05, 0) is 19.3 Å². The Balaban J connectivity index is 2.15. The molecule has 82 valence electrons. The third-order valence-corrected chi connectivity index (χ3v) is 3.39. The van der Waals surface area contributed by atoms with Gasteiger partial charge in [0.15, 0.2) is 11.8 Å². The Bertz CT molecular complexity index is 377. The largest absolute Gasteiger partial charge is 0.494 e. The number of rotatable bonds is 2. The number of fused-ring (bicyclic) bond motifs is 5. The molecule has 1 fully saturated rings. The summed E-state index contributed by atoms with van der Waals surface area (Å²) in [6.45, 7) is 2.68. The number of ether oxygens (including phenoxy) is 1. The maximum atomic E-state index is 10.0. The number of hydrogen-bond donors (Lipinski definition) is 2. The van der Waals surface area contributed by atoms with Crippen LogP contribution in [0.15, 0.2) is 0 Å². The van der Waals surface area contributed by atoms with Crippen molar-refractivity contribution >= 4 is 0 Å². The standard InChI is InChI=1S/C11H15NO3/c1-2-5-12-10(13)8-6-3-4-7(15-6)9(8)11(12)14/h6-7,13-14H,2-5H2,1H3/t6-,7+. The van der Waals surface area contributed by atoms with E-state index >= 15 is 0 Å². The molecule has 0 aromatic carbocycles. The molecule has 0 saturated carbocycles. The van der Waals surface area contributed by atoms with Crippen LogP contribution in [0, 0.1) is 0 Å². The lowest BCUT2D eigenvalue weighted by Gasteiger charge is -2.08. The van der Waals surface area contributed by atoms with Crippen molar-refractivity contribution in [1.29, 1.82) is 0 Å². The van der Waals surface area contributed by atoms with Crippen LogP contribution in [0.5, 0.6) is 11.8 Å². The Kier molecular flexibility index (Phi) is 1.77. The van der Waals surface area contributed by atoms with E-state index < -0.39 is 0 Å². The van der Waals surface area contributed by atoms with Crippen LogP contribution in [0.1, 0.15) is 49.5 Å². The van der Waals surface area contributed by atoms with Crippen LogP contribution in [-0.2, 0) is 11.3 Å². The summed E-state index contributed by atoms with van der Waals surface area (Å²) in [5, 5.41) is 20.0. The summed E-state index contributed by atoms with van der Waals surface area (Å²) in [6, 6.07) is 0. The molecule has 0 unspecified atom stereocenters. The van der Waals surface area contributed by atoms with E-state index in [0.717, 1.165) is 30.4 Å². The van der Waals surface area contributed by atoms with E-state index in [4.69, 9.17) is 4.74 Å². The van der Waals surface area contributed by atoms with Crippen molar-refractivity contribution in [2.24, 2.45) is 0 Å². The topological polar surface area (TPSA) is 54.6 Å². The van der Waals surface area contributed by atoms with E-state index in [1.165, 1.54) is 0 Å². The highest BCUT2D eigenvalue weighted by Gasteiger charge is 2.45. The van der Waals surface area contributed by atoms with Crippen LogP contribution in [0.3, 0.4) is 0 Å². The summed E-state index contributed by atoms with van der Waals surface area (Å²) in [4.78, 5) is 0. The van der Waals surface area contributed by atoms with E-state index in [1.807, 2.05) is 6.92 Å². The SMILES string of the molecule is CCCn1c(O)c2c(c1O)[C@H]1CC[C@@H]2O1. The summed E-state index contributed by atoms with van der Waals surface area (Å²) >= 11 is 0. The molecule has 2 bridgehead atoms. The van der Waals surface area contributed by atoms with E-state index in [-0.39, 0.29) is 24.0 Å². The average Bonchev–Trinajstić information content (AvgIpc) is 2.87. The molecule has 0 spiro atoms. The lowest BCUT2D eigenvalue weighted by Crippen LogP contribution is -1.97. The normalized spacial score (nSPS) is 27.3. The van der Waals surface area contributed by atoms with Crippen LogP contribution in [0.4, 0.5) is 0 Å². The van der Waals surface area contributed by atoms with Crippen LogP contribution < -0.4 is 0 Å². The highest BCUT2D eigenvalue weighted by Crippen LogP contribution is 2.57. The van der Waals surface area contributed by atoms with Gasteiger partial charge in [-0.1, -0.05) is 6.92 Å². The first-order valence-electron chi connectivity index (χ1n) is 5.53. The van der Waals surface area contributed by atoms with Gasteiger partial charge in [0.2, 0.25) is 0 Å². The molecule has 0 amide bonds. The monoisotopic (exact) mass is 209 g/mol. The molecule has 2 aliphatic heterocycles. The Morgan fingerprint density at radius 1 is 1.20 bits per heavy atom. The van der Waals surface area contributed by atoms with Gasteiger partial charge < -0.3 is 14.9 Å². The van der Waals surface area contributed by atoms with Crippen molar-refractivity contribution < 1.29 is 14.9 Å². The lowest BCUT2D eigenvalue weighted by molar-refractivity contribution is 0.0678. The summed E-state index contributed by atoms with van der Waals surface area (Å²) < 4.78 is 7.24. The fraction of sp³-hybridized carbons (Fsp3) is 0.636. The molecule has 1 aromatic rings. The van der Waals surface area contributed by atoms with Gasteiger partial charge in [0.25, 0.3) is 0 Å². The van der Waals surface area contributed by atoms with Crippen molar-refractivity contribution in [2.45, 2.75) is 44.9 Å². The predicted molar refractivity (Wildman–Crippen MR) is 53.9 cm³/mol. The average molecular weight is 209 g/mol. The maximum Gasteiger partial charge on any atom is 0.200 e. The zero-order valence-electron chi connectivity index (χ0n) is 8.73. The fourth-order valence-corrected chi connectivity index (χ4v) is 2.76. The van der Waals surface area contributed by atoms with Gasteiger partial charge in [0.05, 0.1) is 23.3 Å². The van der Waals surface area contributed by atoms with Crippen molar-refractivity contribution in [1.82, 2.24) is 4.57 Å². The molecule has 1 aromatic heterocycles. The molecule has 3 heterocycles. The van der Waals surface area contributed by atoms with E-state index in [1.54, 1.807) is 4.57 Å². The van der Waals surface area contributed by atoms with Gasteiger partial charge in [0, 0.05) is 6.54 Å². The van der Waals surface area contributed by atoms with Crippen molar-refractivity contribution in [3.63, 3.8) is 0 Å². The summed E-state index contributed by atoms with van der Waals surface area (Å²) in [7, 11) is 0. The minimum absolute atomic E-state index is 0.00834. The van der Waals surface area contributed by atoms with Crippen molar-refractivity contribution in [3.05, 3.63) is 11.1 Å². The quantitative estimate of drug-likeness (QED) is 0.785. The van der Waals surface area contributed by atoms with Crippen LogP contribution in [0.2, 0.25) is 0 Å². The maximum absolute atomic E-state index is 10.0. The van der Waals surface area contributed by atoms with Crippen molar-refractivity contribution in [2.75, 3.05) is 0 Å². The molecular weight excluding hydrogens is 194 g/mol. The zero-order chi connectivity index (χ0) is 10.6. The second-order valence-corrected chi connectivity index (χ2v) is 4.32. The van der Waals surface area contributed by atoms with E-state index in [0.29, 0.717) is 6.54 Å². The second-order valence-electron chi connectivity index (χ2n) is 4.32. The van der Waals surface area contributed by atoms with Gasteiger partial charge in [-0.2, -0.15) is 0 Å². The van der Waals surface area contributed by atoms with E-state index in [2.05, 4.69) is 0 Å². The molecule has 0 radical (unpaired) electrons. The predicted octanol–water partition coefficient (Wildman–Crippen LogP) is 2.22. The molecule has 2 atom stereocenters. The first-order chi connectivity index (χ1) is 7.24. The van der Waals surface area contributed by atoms with Gasteiger partial charge in [-0.25, -0.2) is 0 Å². The second kappa shape index (κ2) is 2.92. The molecule has 1 saturated heterocycles. The number of aromatic hydroxyl groups is 2. The van der Waals surface area contributed by atoms with Gasteiger partial charge >= 0.3 is 0 Å². The van der Waals surface area contributed by atoms with E-state index in [9.17, 15) is 10.2 Å².